The zero-order valence-corrected chi connectivity index (χ0v) is 9.07. The molecular weight excluding hydrogens is 200 g/mol. The lowest BCUT2D eigenvalue weighted by Gasteiger charge is -2.00. The number of halogens is 1. The Balaban J connectivity index is 1.88. The molecule has 0 N–H and O–H groups in total. The van der Waals surface area contributed by atoms with E-state index in [2.05, 4.69) is 24.3 Å². The highest BCUT2D eigenvalue weighted by Gasteiger charge is 2.20. The van der Waals surface area contributed by atoms with Gasteiger partial charge in [0, 0.05) is 16.5 Å². The van der Waals surface area contributed by atoms with Gasteiger partial charge in [0.15, 0.2) is 0 Å². The van der Waals surface area contributed by atoms with Crippen molar-refractivity contribution in [2.24, 2.45) is 5.92 Å². The van der Waals surface area contributed by atoms with Crippen molar-refractivity contribution in [2.45, 2.75) is 23.6 Å². The van der Waals surface area contributed by atoms with Crippen LogP contribution in [0.4, 0.5) is 0 Å². The summed E-state index contributed by atoms with van der Waals surface area (Å²) in [6, 6.07) is 8.57. The second kappa shape index (κ2) is 4.39. The summed E-state index contributed by atoms with van der Waals surface area (Å²) in [5.41, 5.74) is 1.21. The summed E-state index contributed by atoms with van der Waals surface area (Å²) in [5, 5.41) is 0. The van der Waals surface area contributed by atoms with Crippen LogP contribution in [0.2, 0.25) is 0 Å². The second-order valence-electron chi connectivity index (χ2n) is 3.53. The molecule has 2 rings (SSSR count). The largest absolute Gasteiger partial charge is 0.126 e. The molecule has 0 amide bonds. The lowest BCUT2D eigenvalue weighted by atomic mass is 10.2. The van der Waals surface area contributed by atoms with Crippen LogP contribution in [-0.2, 0) is 5.88 Å². The highest BCUT2D eigenvalue weighted by atomic mass is 35.5. The Kier molecular flexibility index (Phi) is 3.18. The van der Waals surface area contributed by atoms with Gasteiger partial charge in [0.2, 0.25) is 0 Å². The van der Waals surface area contributed by atoms with Gasteiger partial charge in [-0.15, -0.1) is 23.4 Å². The summed E-state index contributed by atoms with van der Waals surface area (Å²) in [5.74, 6) is 2.91. The molecule has 0 radical (unpaired) electrons. The van der Waals surface area contributed by atoms with Gasteiger partial charge in [-0.1, -0.05) is 12.1 Å². The molecule has 0 heterocycles. The molecule has 0 aliphatic heterocycles. The molecule has 0 bridgehead atoms. The molecule has 0 aromatic heterocycles. The fraction of sp³-hybridized carbons (Fsp3) is 0.455. The normalized spacial score (nSPS) is 16.1. The molecular formula is C11H13ClS. The minimum absolute atomic E-state index is 0.619. The van der Waals surface area contributed by atoms with E-state index in [1.54, 1.807) is 0 Å². The van der Waals surface area contributed by atoms with Crippen LogP contribution in [-0.4, -0.2) is 5.75 Å². The van der Waals surface area contributed by atoms with Crippen molar-refractivity contribution in [3.63, 3.8) is 0 Å². The molecule has 13 heavy (non-hydrogen) atoms. The topological polar surface area (TPSA) is 0 Å². The second-order valence-corrected chi connectivity index (χ2v) is 4.89. The van der Waals surface area contributed by atoms with Crippen molar-refractivity contribution in [1.82, 2.24) is 0 Å². The van der Waals surface area contributed by atoms with Gasteiger partial charge in [0.05, 0.1) is 0 Å². The average molecular weight is 213 g/mol. The van der Waals surface area contributed by atoms with Crippen molar-refractivity contribution < 1.29 is 0 Å². The van der Waals surface area contributed by atoms with Crippen LogP contribution in [0.5, 0.6) is 0 Å². The smallest absolute Gasteiger partial charge is 0.0474 e. The molecule has 0 unspecified atom stereocenters. The standard InChI is InChI=1S/C11H13ClS/c12-7-9-3-5-11(6-4-9)13-8-10-1-2-10/h3-6,10H,1-2,7-8H2. The Morgan fingerprint density at radius 2 is 1.92 bits per heavy atom. The third kappa shape index (κ3) is 2.92. The van der Waals surface area contributed by atoms with E-state index in [4.69, 9.17) is 11.6 Å². The Bertz CT molecular complexity index is 264. The molecule has 1 saturated carbocycles. The molecule has 1 aromatic carbocycles. The van der Waals surface area contributed by atoms with E-state index in [1.807, 2.05) is 11.8 Å². The van der Waals surface area contributed by atoms with Gasteiger partial charge in [-0.25, -0.2) is 0 Å². The maximum Gasteiger partial charge on any atom is 0.0474 e. The summed E-state index contributed by atoms with van der Waals surface area (Å²) in [6.07, 6.45) is 2.87. The summed E-state index contributed by atoms with van der Waals surface area (Å²) in [7, 11) is 0. The SMILES string of the molecule is ClCc1ccc(SCC2CC2)cc1. The van der Waals surface area contributed by atoms with Gasteiger partial charge in [-0.2, -0.15) is 0 Å². The van der Waals surface area contributed by atoms with Crippen LogP contribution < -0.4 is 0 Å². The number of alkyl halides is 1. The van der Waals surface area contributed by atoms with E-state index in [1.165, 1.54) is 29.1 Å². The van der Waals surface area contributed by atoms with Gasteiger partial charge in [-0.05, 0) is 36.5 Å². The van der Waals surface area contributed by atoms with Crippen LogP contribution in [0.3, 0.4) is 0 Å². The predicted molar refractivity (Wildman–Crippen MR) is 59.4 cm³/mol. The Labute approximate surface area is 88.7 Å². The van der Waals surface area contributed by atoms with E-state index >= 15 is 0 Å². The highest BCUT2D eigenvalue weighted by Crippen LogP contribution is 2.34. The molecule has 1 fully saturated rings. The lowest BCUT2D eigenvalue weighted by molar-refractivity contribution is 1.000. The Hall–Kier alpha value is -0.140. The summed E-state index contributed by atoms with van der Waals surface area (Å²) >= 11 is 7.68. The summed E-state index contributed by atoms with van der Waals surface area (Å²) in [6.45, 7) is 0. The number of thioether (sulfide) groups is 1. The number of rotatable bonds is 4. The minimum atomic E-state index is 0.619. The maximum atomic E-state index is 5.71. The Morgan fingerprint density at radius 3 is 2.46 bits per heavy atom. The van der Waals surface area contributed by atoms with E-state index < -0.39 is 0 Å². The third-order valence-corrected chi connectivity index (χ3v) is 3.81. The summed E-state index contributed by atoms with van der Waals surface area (Å²) < 4.78 is 0. The molecule has 1 aliphatic carbocycles. The van der Waals surface area contributed by atoms with Gasteiger partial charge in [0.25, 0.3) is 0 Å². The molecule has 2 heteroatoms. The van der Waals surface area contributed by atoms with Crippen LogP contribution in [0.15, 0.2) is 29.2 Å². The van der Waals surface area contributed by atoms with Crippen molar-refractivity contribution in [2.75, 3.05) is 5.75 Å². The maximum absolute atomic E-state index is 5.71. The van der Waals surface area contributed by atoms with E-state index in [9.17, 15) is 0 Å². The van der Waals surface area contributed by atoms with Crippen LogP contribution in [0, 0.1) is 5.92 Å². The first-order valence-electron chi connectivity index (χ1n) is 4.66. The zero-order valence-electron chi connectivity index (χ0n) is 7.50. The first kappa shape index (κ1) is 9.42. The van der Waals surface area contributed by atoms with Gasteiger partial charge >= 0.3 is 0 Å². The molecule has 0 nitrogen and oxygen atoms in total. The predicted octanol–water partition coefficient (Wildman–Crippen LogP) is 3.93. The number of hydrogen-bond donors (Lipinski definition) is 0. The minimum Gasteiger partial charge on any atom is -0.126 e. The number of hydrogen-bond acceptors (Lipinski definition) is 1. The lowest BCUT2D eigenvalue weighted by Crippen LogP contribution is -1.81. The molecule has 70 valence electrons. The van der Waals surface area contributed by atoms with Crippen molar-refractivity contribution in [3.05, 3.63) is 29.8 Å². The quantitative estimate of drug-likeness (QED) is 0.539. The molecule has 0 atom stereocenters. The van der Waals surface area contributed by atoms with Crippen molar-refractivity contribution >= 4 is 23.4 Å². The fourth-order valence-electron chi connectivity index (χ4n) is 1.17. The fourth-order valence-corrected chi connectivity index (χ4v) is 2.44. The van der Waals surface area contributed by atoms with E-state index in [-0.39, 0.29) is 0 Å². The molecule has 1 aliphatic rings. The first-order valence-corrected chi connectivity index (χ1v) is 6.18. The molecule has 1 aromatic rings. The summed E-state index contributed by atoms with van der Waals surface area (Å²) in [4.78, 5) is 1.38. The van der Waals surface area contributed by atoms with Crippen LogP contribution >= 0.6 is 23.4 Å². The van der Waals surface area contributed by atoms with Gasteiger partial charge in [0.1, 0.15) is 0 Å². The van der Waals surface area contributed by atoms with Crippen molar-refractivity contribution in [3.8, 4) is 0 Å². The van der Waals surface area contributed by atoms with Gasteiger partial charge < -0.3 is 0 Å². The number of benzene rings is 1. The Morgan fingerprint density at radius 1 is 1.23 bits per heavy atom. The molecule has 0 spiro atoms. The van der Waals surface area contributed by atoms with Crippen LogP contribution in [0.1, 0.15) is 18.4 Å². The third-order valence-electron chi connectivity index (χ3n) is 2.26. The van der Waals surface area contributed by atoms with E-state index in [0.29, 0.717) is 5.88 Å². The van der Waals surface area contributed by atoms with Crippen LogP contribution in [0.25, 0.3) is 0 Å². The average Bonchev–Trinajstić information content (AvgIpc) is 2.99. The van der Waals surface area contributed by atoms with E-state index in [0.717, 1.165) is 5.92 Å². The highest BCUT2D eigenvalue weighted by molar-refractivity contribution is 7.99. The zero-order chi connectivity index (χ0) is 9.10. The first-order chi connectivity index (χ1) is 6.38. The van der Waals surface area contributed by atoms with Crippen molar-refractivity contribution in [1.29, 1.82) is 0 Å². The van der Waals surface area contributed by atoms with Gasteiger partial charge in [-0.3, -0.25) is 0 Å². The monoisotopic (exact) mass is 212 g/mol. The molecule has 0 saturated heterocycles.